The molecule has 138 valence electrons. The van der Waals surface area contributed by atoms with Gasteiger partial charge in [-0.15, -0.1) is 0 Å². The Labute approximate surface area is 150 Å². The molecule has 26 heavy (non-hydrogen) atoms. The second kappa shape index (κ2) is 8.84. The topological polar surface area (TPSA) is 84.9 Å². The molecule has 2 aromatic rings. The van der Waals surface area contributed by atoms with Crippen molar-refractivity contribution in [3.63, 3.8) is 0 Å². The lowest BCUT2D eigenvalue weighted by atomic mass is 10.1. The molecule has 0 aliphatic carbocycles. The van der Waals surface area contributed by atoms with E-state index in [0.29, 0.717) is 5.75 Å². The van der Waals surface area contributed by atoms with Gasteiger partial charge < -0.3 is 19.9 Å². The van der Waals surface area contributed by atoms with Gasteiger partial charge >= 0.3 is 5.97 Å². The summed E-state index contributed by atoms with van der Waals surface area (Å²) < 4.78 is 23.6. The summed E-state index contributed by atoms with van der Waals surface area (Å²) >= 11 is 0. The van der Waals surface area contributed by atoms with Crippen LogP contribution in [0.4, 0.5) is 4.39 Å². The molecule has 1 unspecified atom stereocenters. The van der Waals surface area contributed by atoms with Crippen molar-refractivity contribution in [1.29, 1.82) is 0 Å². The third-order valence-electron chi connectivity index (χ3n) is 3.61. The van der Waals surface area contributed by atoms with Gasteiger partial charge in [0.1, 0.15) is 17.3 Å². The Morgan fingerprint density at radius 2 is 1.73 bits per heavy atom. The number of benzene rings is 2. The Kier molecular flexibility index (Phi) is 6.54. The summed E-state index contributed by atoms with van der Waals surface area (Å²) in [4.78, 5) is 23.2. The molecular weight excluding hydrogens is 341 g/mol. The van der Waals surface area contributed by atoms with E-state index in [4.69, 9.17) is 9.47 Å². The maximum Gasteiger partial charge on any atom is 0.346 e. The largest absolute Gasteiger partial charge is 0.483 e. The van der Waals surface area contributed by atoms with Crippen molar-refractivity contribution in [2.75, 3.05) is 13.2 Å². The van der Waals surface area contributed by atoms with Crippen molar-refractivity contribution in [2.24, 2.45) is 0 Å². The van der Waals surface area contributed by atoms with Crippen LogP contribution in [0.5, 0.6) is 11.5 Å². The molecule has 2 aromatic carbocycles. The number of carboxylic acid groups (broad SMARTS) is 1. The number of carbonyl (C=O) groups excluding carboxylic acids is 1. The Morgan fingerprint density at radius 3 is 2.31 bits per heavy atom. The molecule has 0 spiro atoms. The molecule has 7 heteroatoms. The van der Waals surface area contributed by atoms with Crippen LogP contribution in [-0.2, 0) is 9.59 Å². The molecule has 0 radical (unpaired) electrons. The summed E-state index contributed by atoms with van der Waals surface area (Å²) in [6.07, 6.45) is -1.30. The molecular formula is C19H20FNO5. The van der Waals surface area contributed by atoms with Crippen LogP contribution in [-0.4, -0.2) is 36.2 Å². The van der Waals surface area contributed by atoms with Crippen molar-refractivity contribution in [3.05, 3.63) is 59.4 Å². The van der Waals surface area contributed by atoms with Crippen molar-refractivity contribution in [1.82, 2.24) is 5.32 Å². The van der Waals surface area contributed by atoms with Crippen LogP contribution in [0.15, 0.2) is 42.5 Å². The first-order chi connectivity index (χ1) is 12.4. The first kappa shape index (κ1) is 19.2. The fraction of sp³-hybridized carbons (Fsp3) is 0.263. The van der Waals surface area contributed by atoms with Crippen LogP contribution in [0.3, 0.4) is 0 Å². The summed E-state index contributed by atoms with van der Waals surface area (Å²) in [5.41, 5.74) is 1.81. The van der Waals surface area contributed by atoms with Gasteiger partial charge in [-0.25, -0.2) is 9.18 Å². The monoisotopic (exact) mass is 361 g/mol. The number of para-hydroxylation sites is 1. The molecule has 1 atom stereocenters. The second-order valence-corrected chi connectivity index (χ2v) is 5.71. The number of rotatable bonds is 8. The average molecular weight is 361 g/mol. The van der Waals surface area contributed by atoms with Crippen LogP contribution in [0, 0.1) is 19.7 Å². The minimum atomic E-state index is -1.30. The first-order valence-corrected chi connectivity index (χ1v) is 7.97. The molecule has 0 aromatic heterocycles. The van der Waals surface area contributed by atoms with Gasteiger partial charge in [0.15, 0.2) is 6.61 Å². The summed E-state index contributed by atoms with van der Waals surface area (Å²) in [7, 11) is 0. The van der Waals surface area contributed by atoms with Crippen molar-refractivity contribution < 1.29 is 28.6 Å². The van der Waals surface area contributed by atoms with E-state index in [2.05, 4.69) is 5.32 Å². The Balaban J connectivity index is 1.87. The van der Waals surface area contributed by atoms with Crippen molar-refractivity contribution in [2.45, 2.75) is 20.0 Å². The van der Waals surface area contributed by atoms with Crippen LogP contribution in [0.25, 0.3) is 0 Å². The van der Waals surface area contributed by atoms with Gasteiger partial charge in [0, 0.05) is 0 Å². The highest BCUT2D eigenvalue weighted by Crippen LogP contribution is 2.22. The van der Waals surface area contributed by atoms with Crippen molar-refractivity contribution >= 4 is 11.9 Å². The molecule has 0 aliphatic heterocycles. The normalized spacial score (nSPS) is 11.5. The maximum absolute atomic E-state index is 12.9. The zero-order chi connectivity index (χ0) is 19.1. The number of carbonyl (C=O) groups is 2. The van der Waals surface area contributed by atoms with Crippen LogP contribution in [0.2, 0.25) is 0 Å². The Hall–Kier alpha value is -3.09. The van der Waals surface area contributed by atoms with Gasteiger partial charge in [-0.05, 0) is 49.2 Å². The highest BCUT2D eigenvalue weighted by Gasteiger charge is 2.20. The number of amides is 1. The van der Waals surface area contributed by atoms with Gasteiger partial charge in [-0.1, -0.05) is 18.2 Å². The van der Waals surface area contributed by atoms with Crippen LogP contribution in [0.1, 0.15) is 11.1 Å². The number of hydrogen-bond acceptors (Lipinski definition) is 4. The lowest BCUT2D eigenvalue weighted by Crippen LogP contribution is -2.41. The molecule has 0 aliphatic rings. The van der Waals surface area contributed by atoms with Gasteiger partial charge in [0.2, 0.25) is 6.10 Å². The van der Waals surface area contributed by atoms with E-state index in [0.717, 1.165) is 23.3 Å². The van der Waals surface area contributed by atoms with E-state index < -0.39 is 23.8 Å². The molecule has 2 rings (SSSR count). The van der Waals surface area contributed by atoms with Crippen LogP contribution < -0.4 is 14.8 Å². The maximum atomic E-state index is 12.9. The molecule has 0 saturated heterocycles. The smallest absolute Gasteiger partial charge is 0.346 e. The van der Waals surface area contributed by atoms with E-state index in [1.807, 2.05) is 32.0 Å². The summed E-state index contributed by atoms with van der Waals surface area (Å²) in [5, 5.41) is 11.7. The minimum absolute atomic E-state index is 0.194. The molecule has 0 saturated carbocycles. The average Bonchev–Trinajstić information content (AvgIpc) is 2.59. The highest BCUT2D eigenvalue weighted by atomic mass is 19.1. The van der Waals surface area contributed by atoms with Gasteiger partial charge in [-0.3, -0.25) is 4.79 Å². The quantitative estimate of drug-likeness (QED) is 0.755. The predicted octanol–water partition coefficient (Wildman–Crippen LogP) is 2.47. The molecule has 1 amide bonds. The fourth-order valence-corrected chi connectivity index (χ4v) is 2.28. The van der Waals surface area contributed by atoms with Crippen LogP contribution >= 0.6 is 0 Å². The fourth-order valence-electron chi connectivity index (χ4n) is 2.28. The van der Waals surface area contributed by atoms with E-state index in [-0.39, 0.29) is 18.9 Å². The third-order valence-corrected chi connectivity index (χ3v) is 3.61. The third kappa shape index (κ3) is 5.47. The minimum Gasteiger partial charge on any atom is -0.483 e. The lowest BCUT2D eigenvalue weighted by molar-refractivity contribution is -0.145. The SMILES string of the molecule is Cc1cccc(C)c1OCC(=O)NCC(Oc1ccc(F)cc1)C(=O)O. The van der Waals surface area contributed by atoms with E-state index in [9.17, 15) is 19.1 Å². The second-order valence-electron chi connectivity index (χ2n) is 5.71. The van der Waals surface area contributed by atoms with E-state index in [1.54, 1.807) is 0 Å². The van der Waals surface area contributed by atoms with E-state index in [1.165, 1.54) is 12.1 Å². The molecule has 0 bridgehead atoms. The van der Waals surface area contributed by atoms with Gasteiger partial charge in [0.05, 0.1) is 6.54 Å². The number of carboxylic acids is 1. The first-order valence-electron chi connectivity index (χ1n) is 7.97. The molecule has 0 fully saturated rings. The van der Waals surface area contributed by atoms with E-state index >= 15 is 0 Å². The highest BCUT2D eigenvalue weighted by molar-refractivity contribution is 5.79. The summed E-state index contributed by atoms with van der Waals surface area (Å²) in [6.45, 7) is 3.25. The number of hydrogen-bond donors (Lipinski definition) is 2. The summed E-state index contributed by atoms with van der Waals surface area (Å²) in [5.74, 6) is -1.35. The number of halogens is 1. The number of ether oxygens (including phenoxy) is 2. The number of aliphatic carboxylic acids is 1. The van der Waals surface area contributed by atoms with Gasteiger partial charge in [-0.2, -0.15) is 0 Å². The zero-order valence-electron chi connectivity index (χ0n) is 14.5. The summed E-state index contributed by atoms with van der Waals surface area (Å²) in [6, 6.07) is 10.6. The lowest BCUT2D eigenvalue weighted by Gasteiger charge is -2.16. The standard InChI is InChI=1S/C19H20FNO5/c1-12-4-3-5-13(2)18(12)25-11-17(22)21-10-16(19(23)24)26-15-8-6-14(20)7-9-15/h3-9,16H,10-11H2,1-2H3,(H,21,22)(H,23,24). The Bertz CT molecular complexity index is 756. The Morgan fingerprint density at radius 1 is 1.12 bits per heavy atom. The molecule has 0 heterocycles. The molecule has 6 nitrogen and oxygen atoms in total. The zero-order valence-corrected chi connectivity index (χ0v) is 14.5. The van der Waals surface area contributed by atoms with Crippen molar-refractivity contribution in [3.8, 4) is 11.5 Å². The van der Waals surface area contributed by atoms with Gasteiger partial charge in [0.25, 0.3) is 5.91 Å². The molecule has 2 N–H and O–H groups in total. The number of nitrogens with one attached hydrogen (secondary N) is 1. The number of aryl methyl sites for hydroxylation is 2. The predicted molar refractivity (Wildman–Crippen MR) is 92.9 cm³/mol.